The minimum Gasteiger partial charge on any atom is -0.478 e. The van der Waals surface area contributed by atoms with Crippen LogP contribution in [-0.4, -0.2) is 24.1 Å². The summed E-state index contributed by atoms with van der Waals surface area (Å²) in [4.78, 5) is 12.6. The molecule has 0 fully saturated rings. The molecule has 0 atom stereocenters. The minimum absolute atomic E-state index is 0.228. The third kappa shape index (κ3) is 2.49. The second kappa shape index (κ2) is 4.20. The Morgan fingerprint density at radius 1 is 1.60 bits per heavy atom. The van der Waals surface area contributed by atoms with Crippen LogP contribution in [0.25, 0.3) is 0 Å². The lowest BCUT2D eigenvalue weighted by Crippen LogP contribution is -2.38. The fourth-order valence-corrected chi connectivity index (χ4v) is 1.99. The molecule has 0 aliphatic carbocycles. The molecule has 2 rings (SSSR count). The van der Waals surface area contributed by atoms with Crippen molar-refractivity contribution in [3.8, 4) is 5.75 Å². The number of ether oxygens (including phenoxy) is 1. The van der Waals surface area contributed by atoms with Gasteiger partial charge in [0.05, 0.1) is 6.54 Å². The Labute approximate surface area is 96.1 Å². The third-order valence-electron chi connectivity index (χ3n) is 2.20. The van der Waals surface area contributed by atoms with Crippen LogP contribution in [0.5, 0.6) is 5.75 Å². The van der Waals surface area contributed by atoms with E-state index in [1.807, 2.05) is 23.1 Å². The van der Waals surface area contributed by atoms with Gasteiger partial charge in [-0.3, -0.25) is 9.69 Å². The van der Waals surface area contributed by atoms with Gasteiger partial charge in [0.1, 0.15) is 12.5 Å². The van der Waals surface area contributed by atoms with E-state index < -0.39 is 0 Å². The molecule has 0 unspecified atom stereocenters. The zero-order valence-electron chi connectivity index (χ0n) is 8.07. The summed E-state index contributed by atoms with van der Waals surface area (Å²) in [6.45, 7) is 1.33. The molecule has 0 bridgehead atoms. The summed E-state index contributed by atoms with van der Waals surface area (Å²) in [5, 5.41) is 0. The van der Waals surface area contributed by atoms with E-state index in [9.17, 15) is 4.79 Å². The number of rotatable bonds is 2. The molecular formula is C10H11BrN2O2. The standard InChI is InChI=1S/C10H11BrN2O2/c11-8-1-2-9-7(3-8)4-13(6-15-9)5-10(12)14/h1-3H,4-6H2,(H2,12,14). The predicted molar refractivity (Wildman–Crippen MR) is 59.2 cm³/mol. The van der Waals surface area contributed by atoms with Gasteiger partial charge in [0, 0.05) is 16.6 Å². The van der Waals surface area contributed by atoms with Crippen LogP contribution in [0.1, 0.15) is 5.56 Å². The molecule has 5 heteroatoms. The summed E-state index contributed by atoms with van der Waals surface area (Å²) in [5.41, 5.74) is 6.19. The first kappa shape index (κ1) is 10.4. The van der Waals surface area contributed by atoms with Crippen molar-refractivity contribution in [2.45, 2.75) is 6.54 Å². The number of fused-ring (bicyclic) bond motifs is 1. The van der Waals surface area contributed by atoms with Crippen LogP contribution in [0.15, 0.2) is 22.7 Å². The van der Waals surface area contributed by atoms with Crippen molar-refractivity contribution in [1.82, 2.24) is 4.90 Å². The van der Waals surface area contributed by atoms with Crippen LogP contribution in [0.3, 0.4) is 0 Å². The molecule has 0 saturated heterocycles. The van der Waals surface area contributed by atoms with E-state index in [-0.39, 0.29) is 12.5 Å². The van der Waals surface area contributed by atoms with Crippen molar-refractivity contribution in [3.05, 3.63) is 28.2 Å². The first-order chi connectivity index (χ1) is 7.15. The van der Waals surface area contributed by atoms with Gasteiger partial charge in [-0.25, -0.2) is 0 Å². The van der Waals surface area contributed by atoms with Crippen LogP contribution in [0.2, 0.25) is 0 Å². The van der Waals surface area contributed by atoms with E-state index in [2.05, 4.69) is 15.9 Å². The van der Waals surface area contributed by atoms with E-state index in [4.69, 9.17) is 10.5 Å². The highest BCUT2D eigenvalue weighted by Gasteiger charge is 2.18. The number of primary amides is 1. The fraction of sp³-hybridized carbons (Fsp3) is 0.300. The van der Waals surface area contributed by atoms with Gasteiger partial charge in [-0.1, -0.05) is 15.9 Å². The van der Waals surface area contributed by atoms with Gasteiger partial charge >= 0.3 is 0 Å². The maximum Gasteiger partial charge on any atom is 0.231 e. The van der Waals surface area contributed by atoms with Crippen molar-refractivity contribution < 1.29 is 9.53 Å². The van der Waals surface area contributed by atoms with E-state index in [0.717, 1.165) is 15.8 Å². The van der Waals surface area contributed by atoms with Crippen molar-refractivity contribution >= 4 is 21.8 Å². The largest absolute Gasteiger partial charge is 0.478 e. The predicted octanol–water partition coefficient (Wildman–Crippen LogP) is 1.09. The van der Waals surface area contributed by atoms with Crippen molar-refractivity contribution in [1.29, 1.82) is 0 Å². The average molecular weight is 271 g/mol. The Bertz CT molecular complexity index is 395. The molecule has 80 valence electrons. The highest BCUT2D eigenvalue weighted by atomic mass is 79.9. The Hall–Kier alpha value is -1.07. The number of benzene rings is 1. The van der Waals surface area contributed by atoms with Crippen LogP contribution in [-0.2, 0) is 11.3 Å². The molecule has 1 heterocycles. The number of amides is 1. The van der Waals surface area contributed by atoms with Gasteiger partial charge < -0.3 is 10.5 Å². The van der Waals surface area contributed by atoms with Crippen molar-refractivity contribution in [2.75, 3.05) is 13.3 Å². The first-order valence-electron chi connectivity index (χ1n) is 4.57. The molecule has 4 nitrogen and oxygen atoms in total. The van der Waals surface area contributed by atoms with Crippen LogP contribution in [0.4, 0.5) is 0 Å². The summed E-state index contributed by atoms with van der Waals surface area (Å²) >= 11 is 3.40. The molecule has 0 aromatic heterocycles. The zero-order valence-corrected chi connectivity index (χ0v) is 9.66. The lowest BCUT2D eigenvalue weighted by Gasteiger charge is -2.27. The third-order valence-corrected chi connectivity index (χ3v) is 2.69. The number of nitrogens with zero attached hydrogens (tertiary/aromatic N) is 1. The molecule has 2 N–H and O–H groups in total. The molecule has 1 aromatic rings. The number of nitrogens with two attached hydrogens (primary N) is 1. The Morgan fingerprint density at radius 2 is 2.40 bits per heavy atom. The Balaban J connectivity index is 2.14. The van der Waals surface area contributed by atoms with E-state index in [1.165, 1.54) is 0 Å². The molecule has 1 amide bonds. The Morgan fingerprint density at radius 3 is 3.13 bits per heavy atom. The zero-order chi connectivity index (χ0) is 10.8. The monoisotopic (exact) mass is 270 g/mol. The molecule has 0 radical (unpaired) electrons. The number of hydrogen-bond donors (Lipinski definition) is 1. The molecule has 15 heavy (non-hydrogen) atoms. The second-order valence-corrected chi connectivity index (χ2v) is 4.39. The normalized spacial score (nSPS) is 15.5. The van der Waals surface area contributed by atoms with Gasteiger partial charge in [0.15, 0.2) is 0 Å². The minimum atomic E-state index is -0.336. The molecule has 1 aliphatic heterocycles. The average Bonchev–Trinajstić information content (AvgIpc) is 2.16. The SMILES string of the molecule is NC(=O)CN1COc2ccc(Br)cc2C1. The van der Waals surface area contributed by atoms with Gasteiger partial charge in [0.25, 0.3) is 0 Å². The summed E-state index contributed by atoms with van der Waals surface area (Å²) < 4.78 is 6.49. The quantitative estimate of drug-likeness (QED) is 0.875. The highest BCUT2D eigenvalue weighted by Crippen LogP contribution is 2.27. The second-order valence-electron chi connectivity index (χ2n) is 3.48. The lowest BCUT2D eigenvalue weighted by atomic mass is 10.1. The summed E-state index contributed by atoms with van der Waals surface area (Å²) in [7, 11) is 0. The van der Waals surface area contributed by atoms with Crippen LogP contribution in [0, 0.1) is 0 Å². The lowest BCUT2D eigenvalue weighted by molar-refractivity contribution is -0.120. The van der Waals surface area contributed by atoms with Crippen LogP contribution < -0.4 is 10.5 Å². The van der Waals surface area contributed by atoms with Gasteiger partial charge in [0.2, 0.25) is 5.91 Å². The van der Waals surface area contributed by atoms with E-state index in [0.29, 0.717) is 13.3 Å². The van der Waals surface area contributed by atoms with E-state index >= 15 is 0 Å². The van der Waals surface area contributed by atoms with E-state index in [1.54, 1.807) is 0 Å². The summed E-state index contributed by atoms with van der Waals surface area (Å²) in [6, 6.07) is 5.84. The number of carbonyl (C=O) groups excluding carboxylic acids is 1. The summed E-state index contributed by atoms with van der Waals surface area (Å²) in [6.07, 6.45) is 0. The van der Waals surface area contributed by atoms with Gasteiger partial charge in [-0.15, -0.1) is 0 Å². The molecule has 0 saturated carbocycles. The number of hydrogen-bond acceptors (Lipinski definition) is 3. The number of halogens is 1. The summed E-state index contributed by atoms with van der Waals surface area (Å²) in [5.74, 6) is 0.538. The van der Waals surface area contributed by atoms with Crippen molar-refractivity contribution in [2.24, 2.45) is 5.73 Å². The number of carbonyl (C=O) groups is 1. The first-order valence-corrected chi connectivity index (χ1v) is 5.36. The molecule has 0 spiro atoms. The van der Waals surface area contributed by atoms with Gasteiger partial charge in [-0.2, -0.15) is 0 Å². The maximum absolute atomic E-state index is 10.8. The molecule has 1 aliphatic rings. The van der Waals surface area contributed by atoms with Crippen molar-refractivity contribution in [3.63, 3.8) is 0 Å². The highest BCUT2D eigenvalue weighted by molar-refractivity contribution is 9.10. The maximum atomic E-state index is 10.8. The van der Waals surface area contributed by atoms with Crippen LogP contribution >= 0.6 is 15.9 Å². The topological polar surface area (TPSA) is 55.6 Å². The molecule has 1 aromatic carbocycles. The Kier molecular flexibility index (Phi) is 2.93. The fourth-order valence-electron chi connectivity index (χ4n) is 1.58. The molecular weight excluding hydrogens is 260 g/mol. The smallest absolute Gasteiger partial charge is 0.231 e. The van der Waals surface area contributed by atoms with Gasteiger partial charge in [-0.05, 0) is 18.2 Å².